The van der Waals surface area contributed by atoms with Gasteiger partial charge in [-0.25, -0.2) is 4.98 Å². The van der Waals surface area contributed by atoms with Gasteiger partial charge in [-0.2, -0.15) is 4.98 Å². The first-order valence-corrected chi connectivity index (χ1v) is 15.4. The van der Waals surface area contributed by atoms with E-state index < -0.39 is 0 Å². The molecule has 6 aromatic rings. The Kier molecular flexibility index (Phi) is 8.64. The molecular formula is C37H33N5O4. The molecule has 3 heterocycles. The van der Waals surface area contributed by atoms with Gasteiger partial charge in [0.1, 0.15) is 40.8 Å². The number of fused-ring (bicyclic) bond motifs is 1. The van der Waals surface area contributed by atoms with Gasteiger partial charge in [-0.15, -0.1) is 0 Å². The number of para-hydroxylation sites is 1. The highest BCUT2D eigenvalue weighted by Gasteiger charge is 2.27. The largest absolute Gasteiger partial charge is 0.457 e. The lowest BCUT2D eigenvalue weighted by molar-refractivity contribution is -0.136. The predicted molar refractivity (Wildman–Crippen MR) is 176 cm³/mol. The van der Waals surface area contributed by atoms with Crippen LogP contribution in [0.15, 0.2) is 120 Å². The molecule has 0 spiro atoms. The SMILES string of the molecule is O=C(COCc1ccccc1)N1CCN(c2nc(Cc3ccccc3)nc3onc(-c4cccc(Oc5ccccc5)c4)c23)CC1. The molecule has 230 valence electrons. The van der Waals surface area contributed by atoms with Crippen molar-refractivity contribution < 1.29 is 18.8 Å². The maximum atomic E-state index is 13.0. The van der Waals surface area contributed by atoms with Gasteiger partial charge in [0.15, 0.2) is 0 Å². The van der Waals surface area contributed by atoms with Gasteiger partial charge < -0.3 is 23.8 Å². The predicted octanol–water partition coefficient (Wildman–Crippen LogP) is 6.53. The first-order chi connectivity index (χ1) is 22.7. The summed E-state index contributed by atoms with van der Waals surface area (Å²) in [6.45, 7) is 2.75. The van der Waals surface area contributed by atoms with Crippen LogP contribution in [0.3, 0.4) is 0 Å². The summed E-state index contributed by atoms with van der Waals surface area (Å²) in [5.41, 5.74) is 4.04. The number of ether oxygens (including phenoxy) is 2. The maximum absolute atomic E-state index is 13.0. The molecule has 1 saturated heterocycles. The fraction of sp³-hybridized carbons (Fsp3) is 0.189. The van der Waals surface area contributed by atoms with Crippen molar-refractivity contribution in [2.75, 3.05) is 37.7 Å². The molecule has 46 heavy (non-hydrogen) atoms. The monoisotopic (exact) mass is 611 g/mol. The fourth-order valence-corrected chi connectivity index (χ4v) is 5.58. The number of carbonyl (C=O) groups excluding carboxylic acids is 1. The van der Waals surface area contributed by atoms with Crippen LogP contribution >= 0.6 is 0 Å². The number of rotatable bonds is 10. The van der Waals surface area contributed by atoms with E-state index in [2.05, 4.69) is 22.2 Å². The van der Waals surface area contributed by atoms with E-state index in [1.54, 1.807) is 0 Å². The second kappa shape index (κ2) is 13.6. The fourth-order valence-electron chi connectivity index (χ4n) is 5.58. The van der Waals surface area contributed by atoms with Gasteiger partial charge in [0, 0.05) is 38.2 Å². The van der Waals surface area contributed by atoms with Crippen molar-refractivity contribution in [2.45, 2.75) is 13.0 Å². The topological polar surface area (TPSA) is 93.8 Å². The molecule has 7 rings (SSSR count). The van der Waals surface area contributed by atoms with E-state index >= 15 is 0 Å². The zero-order valence-electron chi connectivity index (χ0n) is 25.3. The summed E-state index contributed by atoms with van der Waals surface area (Å²) in [5, 5.41) is 5.21. The van der Waals surface area contributed by atoms with Gasteiger partial charge >= 0.3 is 0 Å². The molecule has 1 amide bonds. The first kappa shape index (κ1) is 29.2. The molecule has 2 aromatic heterocycles. The quantitative estimate of drug-likeness (QED) is 0.173. The zero-order chi connectivity index (χ0) is 31.1. The number of hydrogen-bond acceptors (Lipinski definition) is 8. The Morgan fingerprint density at radius 3 is 2.15 bits per heavy atom. The molecule has 0 aliphatic carbocycles. The van der Waals surface area contributed by atoms with Crippen molar-refractivity contribution in [3.05, 3.63) is 132 Å². The Labute approximate surface area is 267 Å². The van der Waals surface area contributed by atoms with Crippen LogP contribution in [0.5, 0.6) is 11.5 Å². The van der Waals surface area contributed by atoms with Crippen LogP contribution in [0, 0.1) is 0 Å². The van der Waals surface area contributed by atoms with Crippen molar-refractivity contribution in [2.24, 2.45) is 0 Å². The molecule has 0 saturated carbocycles. The van der Waals surface area contributed by atoms with Gasteiger partial charge in [0.05, 0.1) is 6.61 Å². The summed E-state index contributed by atoms with van der Waals surface area (Å²) >= 11 is 0. The van der Waals surface area contributed by atoms with E-state index in [4.69, 9.17) is 24.0 Å². The molecule has 0 unspecified atom stereocenters. The molecular weight excluding hydrogens is 578 g/mol. The van der Waals surface area contributed by atoms with E-state index in [-0.39, 0.29) is 12.5 Å². The summed E-state index contributed by atoms with van der Waals surface area (Å²) in [6, 6.07) is 37.4. The van der Waals surface area contributed by atoms with Crippen molar-refractivity contribution >= 4 is 22.8 Å². The number of hydrogen-bond donors (Lipinski definition) is 0. The smallest absolute Gasteiger partial charge is 0.263 e. The van der Waals surface area contributed by atoms with Crippen molar-refractivity contribution in [1.82, 2.24) is 20.0 Å². The minimum Gasteiger partial charge on any atom is -0.457 e. The summed E-state index contributed by atoms with van der Waals surface area (Å²) < 4.78 is 17.7. The number of anilines is 1. The molecule has 1 aliphatic rings. The maximum Gasteiger partial charge on any atom is 0.263 e. The molecule has 9 heteroatoms. The average molecular weight is 612 g/mol. The number of nitrogens with zero attached hydrogens (tertiary/aromatic N) is 5. The van der Waals surface area contributed by atoms with Crippen LogP contribution in [0.1, 0.15) is 17.0 Å². The average Bonchev–Trinajstić information content (AvgIpc) is 3.54. The Bertz CT molecular complexity index is 1910. The number of piperazine rings is 1. The van der Waals surface area contributed by atoms with Crippen LogP contribution in [0.4, 0.5) is 5.82 Å². The minimum atomic E-state index is -0.0194. The Hall–Kier alpha value is -5.54. The third-order valence-corrected chi connectivity index (χ3v) is 7.92. The van der Waals surface area contributed by atoms with Gasteiger partial charge in [-0.05, 0) is 35.4 Å². The second-order valence-corrected chi connectivity index (χ2v) is 11.1. The molecule has 4 aromatic carbocycles. The third-order valence-electron chi connectivity index (χ3n) is 7.92. The lowest BCUT2D eigenvalue weighted by Crippen LogP contribution is -2.50. The van der Waals surface area contributed by atoms with E-state index in [1.807, 2.05) is 108 Å². The highest BCUT2D eigenvalue weighted by molar-refractivity contribution is 5.98. The molecule has 0 atom stereocenters. The lowest BCUT2D eigenvalue weighted by Gasteiger charge is -2.35. The molecule has 1 aliphatic heterocycles. The summed E-state index contributed by atoms with van der Waals surface area (Å²) in [7, 11) is 0. The zero-order valence-corrected chi connectivity index (χ0v) is 25.3. The molecule has 1 fully saturated rings. The Balaban J connectivity index is 1.14. The van der Waals surface area contributed by atoms with Crippen molar-refractivity contribution in [3.63, 3.8) is 0 Å². The molecule has 0 N–H and O–H groups in total. The third kappa shape index (κ3) is 6.74. The molecule has 0 radical (unpaired) electrons. The summed E-state index contributed by atoms with van der Waals surface area (Å²) in [4.78, 5) is 26.9. The summed E-state index contributed by atoms with van der Waals surface area (Å²) in [6.07, 6.45) is 0.553. The molecule has 9 nitrogen and oxygen atoms in total. The van der Waals surface area contributed by atoms with E-state index in [9.17, 15) is 4.79 Å². The van der Waals surface area contributed by atoms with Crippen LogP contribution < -0.4 is 9.64 Å². The number of carbonyl (C=O) groups is 1. The van der Waals surface area contributed by atoms with Crippen LogP contribution in [-0.2, 0) is 22.6 Å². The van der Waals surface area contributed by atoms with E-state index in [0.717, 1.165) is 33.6 Å². The Morgan fingerprint density at radius 1 is 0.739 bits per heavy atom. The normalized spacial score (nSPS) is 13.2. The van der Waals surface area contributed by atoms with Crippen molar-refractivity contribution in [3.8, 4) is 22.8 Å². The van der Waals surface area contributed by atoms with Crippen LogP contribution in [0.25, 0.3) is 22.4 Å². The van der Waals surface area contributed by atoms with Crippen molar-refractivity contribution in [1.29, 1.82) is 0 Å². The molecule has 0 bridgehead atoms. The summed E-state index contributed by atoms with van der Waals surface area (Å²) in [5.74, 6) is 2.80. The van der Waals surface area contributed by atoms with E-state index in [1.165, 1.54) is 0 Å². The standard InChI is InChI=1S/C37H33N5O4/c43-33(26-44-25-28-13-6-2-7-14-28)41-19-21-42(22-20-41)36-34-35(29-15-10-18-31(24-29)45-30-16-8-3-9-17-30)40-46-37(34)39-32(38-36)23-27-11-4-1-5-12-27/h1-18,24H,19-23,25-26H2. The van der Waals surface area contributed by atoms with Gasteiger partial charge in [-0.3, -0.25) is 4.79 Å². The minimum absolute atomic E-state index is 0.0194. The van der Waals surface area contributed by atoms with Crippen LogP contribution in [0.2, 0.25) is 0 Å². The Morgan fingerprint density at radius 2 is 1.41 bits per heavy atom. The highest BCUT2D eigenvalue weighted by atomic mass is 16.5. The highest BCUT2D eigenvalue weighted by Crippen LogP contribution is 2.36. The lowest BCUT2D eigenvalue weighted by atomic mass is 10.1. The number of amides is 1. The van der Waals surface area contributed by atoms with Gasteiger partial charge in [-0.1, -0.05) is 96.2 Å². The first-order valence-electron chi connectivity index (χ1n) is 15.4. The van der Waals surface area contributed by atoms with Crippen LogP contribution in [-0.4, -0.2) is 58.7 Å². The number of aromatic nitrogens is 3. The van der Waals surface area contributed by atoms with Gasteiger partial charge in [0.25, 0.3) is 5.71 Å². The second-order valence-electron chi connectivity index (χ2n) is 11.1. The van der Waals surface area contributed by atoms with Gasteiger partial charge in [0.2, 0.25) is 5.91 Å². The van der Waals surface area contributed by atoms with E-state index in [0.29, 0.717) is 62.2 Å². The number of benzene rings is 4.